The molecule has 0 fully saturated rings. The molecule has 0 radical (unpaired) electrons. The van der Waals surface area contributed by atoms with E-state index in [1.807, 2.05) is 23.8 Å². The summed E-state index contributed by atoms with van der Waals surface area (Å²) in [5.74, 6) is 1.15. The minimum absolute atomic E-state index is 0.0486. The lowest BCUT2D eigenvalue weighted by atomic mass is 10.3. The highest BCUT2D eigenvalue weighted by Gasteiger charge is 2.16. The van der Waals surface area contributed by atoms with Gasteiger partial charge in [-0.25, -0.2) is 9.97 Å². The molecule has 0 aliphatic carbocycles. The number of ether oxygens (including phenoxy) is 2. The van der Waals surface area contributed by atoms with Crippen molar-refractivity contribution >= 4 is 22.8 Å². The molecule has 0 aliphatic heterocycles. The molecule has 2 rings (SSSR count). The Balaban J connectivity index is 2.39. The van der Waals surface area contributed by atoms with Gasteiger partial charge in [-0.2, -0.15) is 0 Å². The van der Waals surface area contributed by atoms with Crippen molar-refractivity contribution in [2.24, 2.45) is 0 Å². The molecule has 0 aromatic carbocycles. The Morgan fingerprint density at radius 2 is 2.21 bits per heavy atom. The first-order valence-electron chi connectivity index (χ1n) is 6.09. The van der Waals surface area contributed by atoms with Gasteiger partial charge in [-0.1, -0.05) is 0 Å². The highest BCUT2D eigenvalue weighted by Crippen LogP contribution is 2.17. The van der Waals surface area contributed by atoms with E-state index in [4.69, 9.17) is 21.1 Å². The van der Waals surface area contributed by atoms with Crippen molar-refractivity contribution in [1.82, 2.24) is 14.5 Å². The number of halogens is 1. The van der Waals surface area contributed by atoms with Gasteiger partial charge in [-0.15, -0.1) is 11.6 Å². The molecule has 2 aromatic heterocycles. The molecule has 0 bridgehead atoms. The summed E-state index contributed by atoms with van der Waals surface area (Å²) in [5, 5.41) is 0. The summed E-state index contributed by atoms with van der Waals surface area (Å²) < 4.78 is 12.5. The predicted molar refractivity (Wildman–Crippen MR) is 74.5 cm³/mol. The second-order valence-corrected chi connectivity index (χ2v) is 4.71. The van der Waals surface area contributed by atoms with Gasteiger partial charge in [0, 0.05) is 20.4 Å². The number of hydrogen-bond donors (Lipinski definition) is 0. The number of nitrogens with zero attached hydrogens (tertiary/aromatic N) is 3. The summed E-state index contributed by atoms with van der Waals surface area (Å²) in [7, 11) is 3.32. The van der Waals surface area contributed by atoms with Crippen molar-refractivity contribution in [2.75, 3.05) is 20.8 Å². The fraction of sp³-hybridized carbons (Fsp3) is 0.538. The third-order valence-electron chi connectivity index (χ3n) is 2.99. The zero-order chi connectivity index (χ0) is 13.8. The van der Waals surface area contributed by atoms with Crippen LogP contribution >= 0.6 is 11.6 Å². The van der Waals surface area contributed by atoms with Crippen LogP contribution in [0.1, 0.15) is 11.4 Å². The number of methoxy groups -OCH3 is 2. The molecule has 0 aliphatic rings. The number of fused-ring (bicyclic) bond motifs is 1. The zero-order valence-corrected chi connectivity index (χ0v) is 12.1. The summed E-state index contributed by atoms with van der Waals surface area (Å²) in [5.41, 5.74) is 2.78. The van der Waals surface area contributed by atoms with Crippen molar-refractivity contribution in [3.05, 3.63) is 23.7 Å². The van der Waals surface area contributed by atoms with Crippen molar-refractivity contribution in [3.63, 3.8) is 0 Å². The lowest BCUT2D eigenvalue weighted by Crippen LogP contribution is -2.24. The molecule has 6 heteroatoms. The van der Waals surface area contributed by atoms with Crippen molar-refractivity contribution in [1.29, 1.82) is 0 Å². The van der Waals surface area contributed by atoms with Gasteiger partial charge in [0.1, 0.15) is 11.3 Å². The van der Waals surface area contributed by atoms with Crippen LogP contribution in [0.15, 0.2) is 12.3 Å². The van der Waals surface area contributed by atoms with Gasteiger partial charge in [0.15, 0.2) is 5.65 Å². The molecule has 1 atom stereocenters. The van der Waals surface area contributed by atoms with Gasteiger partial charge >= 0.3 is 0 Å². The maximum absolute atomic E-state index is 5.96. The molecule has 2 heterocycles. The number of aryl methyl sites for hydroxylation is 1. The zero-order valence-electron chi connectivity index (χ0n) is 11.4. The van der Waals surface area contributed by atoms with Gasteiger partial charge in [-0.05, 0) is 18.6 Å². The molecule has 0 amide bonds. The molecule has 2 aromatic rings. The van der Waals surface area contributed by atoms with Gasteiger partial charge in [0.05, 0.1) is 25.1 Å². The van der Waals surface area contributed by atoms with E-state index < -0.39 is 0 Å². The fourth-order valence-electron chi connectivity index (χ4n) is 2.04. The number of rotatable bonds is 6. The Hall–Kier alpha value is -1.17. The van der Waals surface area contributed by atoms with Gasteiger partial charge in [0.2, 0.25) is 0 Å². The van der Waals surface area contributed by atoms with Crippen LogP contribution < -0.4 is 0 Å². The minimum atomic E-state index is -0.0486. The summed E-state index contributed by atoms with van der Waals surface area (Å²) in [4.78, 5) is 8.95. The Labute approximate surface area is 117 Å². The van der Waals surface area contributed by atoms with E-state index in [1.165, 1.54) is 0 Å². The maximum Gasteiger partial charge on any atom is 0.160 e. The average Bonchev–Trinajstić information content (AvgIpc) is 2.75. The van der Waals surface area contributed by atoms with E-state index in [0.717, 1.165) is 22.6 Å². The standard InChI is InChI=1S/C13H18ClN3O2/c1-9-4-11-13(15-6-9)17(12(5-14)16-11)7-10(19-3)8-18-2/h4,6,10H,5,7-8H2,1-3H3. The summed E-state index contributed by atoms with van der Waals surface area (Å²) in [6, 6.07) is 2.01. The normalized spacial score (nSPS) is 13.1. The largest absolute Gasteiger partial charge is 0.382 e. The smallest absolute Gasteiger partial charge is 0.160 e. The molecule has 0 N–H and O–H groups in total. The molecule has 0 saturated heterocycles. The number of imidazole rings is 1. The lowest BCUT2D eigenvalue weighted by molar-refractivity contribution is 0.0185. The van der Waals surface area contributed by atoms with Crippen molar-refractivity contribution < 1.29 is 9.47 Å². The average molecular weight is 284 g/mol. The molecule has 1 unspecified atom stereocenters. The molecular formula is C13H18ClN3O2. The molecule has 19 heavy (non-hydrogen) atoms. The Bertz CT molecular complexity index is 556. The van der Waals surface area contributed by atoms with Gasteiger partial charge in [0.25, 0.3) is 0 Å². The van der Waals surface area contributed by atoms with Crippen LogP contribution in [0.4, 0.5) is 0 Å². The maximum atomic E-state index is 5.96. The number of hydrogen-bond acceptors (Lipinski definition) is 4. The third-order valence-corrected chi connectivity index (χ3v) is 3.23. The van der Waals surface area contributed by atoms with E-state index in [1.54, 1.807) is 14.2 Å². The summed E-state index contributed by atoms with van der Waals surface area (Å²) >= 11 is 5.96. The topological polar surface area (TPSA) is 49.2 Å². The monoisotopic (exact) mass is 283 g/mol. The van der Waals surface area contributed by atoms with Crippen LogP contribution in [0.5, 0.6) is 0 Å². The van der Waals surface area contributed by atoms with E-state index >= 15 is 0 Å². The highest BCUT2D eigenvalue weighted by atomic mass is 35.5. The molecule has 0 saturated carbocycles. The minimum Gasteiger partial charge on any atom is -0.382 e. The van der Waals surface area contributed by atoms with Crippen LogP contribution in [0.2, 0.25) is 0 Å². The fourth-order valence-corrected chi connectivity index (χ4v) is 2.24. The quantitative estimate of drug-likeness (QED) is 0.762. The lowest BCUT2D eigenvalue weighted by Gasteiger charge is -2.16. The molecule has 0 spiro atoms. The SMILES string of the molecule is COCC(Cn1c(CCl)nc2cc(C)cnc21)OC. The summed E-state index contributed by atoms with van der Waals surface area (Å²) in [6.45, 7) is 3.14. The van der Waals surface area contributed by atoms with Gasteiger partial charge in [-0.3, -0.25) is 0 Å². The first-order chi connectivity index (χ1) is 9.19. The van der Waals surface area contributed by atoms with Crippen molar-refractivity contribution in [2.45, 2.75) is 25.5 Å². The highest BCUT2D eigenvalue weighted by molar-refractivity contribution is 6.16. The van der Waals surface area contributed by atoms with E-state index in [9.17, 15) is 0 Å². The van der Waals surface area contributed by atoms with Crippen LogP contribution in [0, 0.1) is 6.92 Å². The van der Waals surface area contributed by atoms with Gasteiger partial charge < -0.3 is 14.0 Å². The van der Waals surface area contributed by atoms with Crippen LogP contribution in [0.25, 0.3) is 11.2 Å². The second-order valence-electron chi connectivity index (χ2n) is 4.44. The molecular weight excluding hydrogens is 266 g/mol. The van der Waals surface area contributed by atoms with E-state index in [2.05, 4.69) is 9.97 Å². The Kier molecular flexibility index (Phi) is 4.74. The van der Waals surface area contributed by atoms with Crippen molar-refractivity contribution in [3.8, 4) is 0 Å². The Morgan fingerprint density at radius 3 is 2.84 bits per heavy atom. The van der Waals surface area contributed by atoms with Crippen LogP contribution in [0.3, 0.4) is 0 Å². The first-order valence-corrected chi connectivity index (χ1v) is 6.62. The Morgan fingerprint density at radius 1 is 1.42 bits per heavy atom. The predicted octanol–water partition coefficient (Wildman–Crippen LogP) is 2.14. The number of aromatic nitrogens is 3. The van der Waals surface area contributed by atoms with E-state index in [-0.39, 0.29) is 6.10 Å². The van der Waals surface area contributed by atoms with Crippen LogP contribution in [-0.4, -0.2) is 41.5 Å². The third kappa shape index (κ3) is 3.05. The number of alkyl halides is 1. The molecule has 5 nitrogen and oxygen atoms in total. The first kappa shape index (κ1) is 14.2. The second kappa shape index (κ2) is 6.32. The number of pyridine rings is 1. The van der Waals surface area contributed by atoms with E-state index in [0.29, 0.717) is 19.0 Å². The molecule has 104 valence electrons. The van der Waals surface area contributed by atoms with Crippen LogP contribution in [-0.2, 0) is 21.9 Å². The summed E-state index contributed by atoms with van der Waals surface area (Å²) in [6.07, 6.45) is 1.78.